The molecule has 0 nitrogen and oxygen atoms in total. The summed E-state index contributed by atoms with van der Waals surface area (Å²) in [6, 6.07) is 6.31. The maximum Gasteiger partial charge on any atom is 0.123 e. The van der Waals surface area contributed by atoms with Crippen molar-refractivity contribution in [2.24, 2.45) is 0 Å². The standard InChI is InChI=1S/C10H10ClF/c1-2-8(7-11)9-3-5-10(12)6-4-9/h2-6,8H,1,7H2. The second-order valence-electron chi connectivity index (χ2n) is 2.55. The lowest BCUT2D eigenvalue weighted by molar-refractivity contribution is 0.626. The van der Waals surface area contributed by atoms with Crippen molar-refractivity contribution in [1.29, 1.82) is 0 Å². The van der Waals surface area contributed by atoms with Gasteiger partial charge < -0.3 is 0 Å². The highest BCUT2D eigenvalue weighted by Crippen LogP contribution is 2.18. The van der Waals surface area contributed by atoms with Gasteiger partial charge in [-0.15, -0.1) is 18.2 Å². The first kappa shape index (κ1) is 9.27. The number of allylic oxidation sites excluding steroid dienone is 1. The summed E-state index contributed by atoms with van der Waals surface area (Å²) in [6.45, 7) is 3.65. The molecule has 0 amide bonds. The van der Waals surface area contributed by atoms with E-state index in [-0.39, 0.29) is 11.7 Å². The number of hydrogen-bond acceptors (Lipinski definition) is 0. The van der Waals surface area contributed by atoms with Crippen LogP contribution in [0.5, 0.6) is 0 Å². The van der Waals surface area contributed by atoms with Crippen molar-refractivity contribution in [3.63, 3.8) is 0 Å². The molecule has 1 aromatic carbocycles. The maximum atomic E-state index is 12.5. The van der Waals surface area contributed by atoms with Crippen molar-refractivity contribution in [3.8, 4) is 0 Å². The van der Waals surface area contributed by atoms with Crippen LogP contribution in [0.1, 0.15) is 11.5 Å². The molecule has 0 aliphatic heterocycles. The Morgan fingerprint density at radius 2 is 2.00 bits per heavy atom. The van der Waals surface area contributed by atoms with Gasteiger partial charge in [0.25, 0.3) is 0 Å². The van der Waals surface area contributed by atoms with Crippen LogP contribution in [0.25, 0.3) is 0 Å². The van der Waals surface area contributed by atoms with Gasteiger partial charge in [0.05, 0.1) is 0 Å². The SMILES string of the molecule is C=CC(CCl)c1ccc(F)cc1. The summed E-state index contributed by atoms with van der Waals surface area (Å²) < 4.78 is 12.5. The van der Waals surface area contributed by atoms with E-state index in [9.17, 15) is 4.39 Å². The molecule has 0 aliphatic carbocycles. The van der Waals surface area contributed by atoms with E-state index in [1.54, 1.807) is 18.2 Å². The topological polar surface area (TPSA) is 0 Å². The van der Waals surface area contributed by atoms with Crippen molar-refractivity contribution in [2.45, 2.75) is 5.92 Å². The lowest BCUT2D eigenvalue weighted by Gasteiger charge is -2.07. The van der Waals surface area contributed by atoms with E-state index in [1.807, 2.05) is 0 Å². The van der Waals surface area contributed by atoms with Crippen LogP contribution in [0, 0.1) is 5.82 Å². The molecule has 0 heterocycles. The number of benzene rings is 1. The Labute approximate surface area is 76.7 Å². The van der Waals surface area contributed by atoms with Gasteiger partial charge in [-0.25, -0.2) is 4.39 Å². The van der Waals surface area contributed by atoms with E-state index >= 15 is 0 Å². The molecule has 12 heavy (non-hydrogen) atoms. The van der Waals surface area contributed by atoms with E-state index in [2.05, 4.69) is 6.58 Å². The van der Waals surface area contributed by atoms with E-state index in [1.165, 1.54) is 12.1 Å². The van der Waals surface area contributed by atoms with Crippen LogP contribution in [0.3, 0.4) is 0 Å². The monoisotopic (exact) mass is 184 g/mol. The van der Waals surface area contributed by atoms with Crippen molar-refractivity contribution in [2.75, 3.05) is 5.88 Å². The largest absolute Gasteiger partial charge is 0.207 e. The van der Waals surface area contributed by atoms with Crippen molar-refractivity contribution >= 4 is 11.6 Å². The number of rotatable bonds is 3. The van der Waals surface area contributed by atoms with Gasteiger partial charge in [0.1, 0.15) is 5.82 Å². The zero-order valence-electron chi connectivity index (χ0n) is 6.63. The molecule has 0 radical (unpaired) electrons. The minimum absolute atomic E-state index is 0.118. The summed E-state index contributed by atoms with van der Waals surface area (Å²) in [7, 11) is 0. The molecule has 0 aliphatic rings. The highest BCUT2D eigenvalue weighted by atomic mass is 35.5. The molecule has 64 valence electrons. The number of hydrogen-bond donors (Lipinski definition) is 0. The minimum atomic E-state index is -0.226. The lowest BCUT2D eigenvalue weighted by atomic mass is 10.0. The fraction of sp³-hybridized carbons (Fsp3) is 0.200. The predicted octanol–water partition coefficient (Wildman–Crippen LogP) is 3.33. The highest BCUT2D eigenvalue weighted by molar-refractivity contribution is 6.18. The lowest BCUT2D eigenvalue weighted by Crippen LogP contribution is -1.95. The third-order valence-electron chi connectivity index (χ3n) is 1.75. The smallest absolute Gasteiger partial charge is 0.123 e. The molecule has 0 saturated heterocycles. The quantitative estimate of drug-likeness (QED) is 0.499. The Balaban J connectivity index is 2.87. The van der Waals surface area contributed by atoms with Crippen LogP contribution in [-0.4, -0.2) is 5.88 Å². The van der Waals surface area contributed by atoms with Gasteiger partial charge in [-0.05, 0) is 17.7 Å². The Hall–Kier alpha value is -0.820. The van der Waals surface area contributed by atoms with Gasteiger partial charge in [0.15, 0.2) is 0 Å². The normalized spacial score (nSPS) is 12.5. The van der Waals surface area contributed by atoms with E-state index in [0.717, 1.165) is 5.56 Å². The molecular formula is C10H10ClF. The van der Waals surface area contributed by atoms with Gasteiger partial charge >= 0.3 is 0 Å². The zero-order chi connectivity index (χ0) is 8.97. The van der Waals surface area contributed by atoms with Gasteiger partial charge in [0, 0.05) is 11.8 Å². The Morgan fingerprint density at radius 1 is 1.42 bits per heavy atom. The summed E-state index contributed by atoms with van der Waals surface area (Å²) >= 11 is 5.68. The van der Waals surface area contributed by atoms with Crippen LogP contribution < -0.4 is 0 Å². The summed E-state index contributed by atoms with van der Waals surface area (Å²) in [5.74, 6) is 0.373. The average molecular weight is 185 g/mol. The van der Waals surface area contributed by atoms with E-state index in [4.69, 9.17) is 11.6 Å². The second kappa shape index (κ2) is 4.27. The third-order valence-corrected chi connectivity index (χ3v) is 2.08. The average Bonchev–Trinajstić information content (AvgIpc) is 2.10. The number of halogens is 2. The molecule has 0 saturated carbocycles. The Morgan fingerprint density at radius 3 is 2.42 bits per heavy atom. The summed E-state index contributed by atoms with van der Waals surface area (Å²) in [5.41, 5.74) is 1.00. The fourth-order valence-electron chi connectivity index (χ4n) is 0.998. The molecule has 0 aromatic heterocycles. The highest BCUT2D eigenvalue weighted by Gasteiger charge is 2.04. The molecule has 2 heteroatoms. The summed E-state index contributed by atoms with van der Waals surface area (Å²) in [6.07, 6.45) is 1.76. The molecule has 0 spiro atoms. The zero-order valence-corrected chi connectivity index (χ0v) is 7.39. The first-order valence-corrected chi connectivity index (χ1v) is 4.25. The number of alkyl halides is 1. The van der Waals surface area contributed by atoms with Crippen molar-refractivity contribution in [3.05, 3.63) is 48.3 Å². The molecule has 0 fully saturated rings. The fourth-order valence-corrected chi connectivity index (χ4v) is 1.30. The molecule has 0 bridgehead atoms. The first-order chi connectivity index (χ1) is 5.77. The van der Waals surface area contributed by atoms with Crippen molar-refractivity contribution in [1.82, 2.24) is 0 Å². The van der Waals surface area contributed by atoms with Gasteiger partial charge in [0.2, 0.25) is 0 Å². The first-order valence-electron chi connectivity index (χ1n) is 3.72. The predicted molar refractivity (Wildman–Crippen MR) is 50.1 cm³/mol. The van der Waals surface area contributed by atoms with Crippen molar-refractivity contribution < 1.29 is 4.39 Å². The van der Waals surface area contributed by atoms with Crippen LogP contribution >= 0.6 is 11.6 Å². The van der Waals surface area contributed by atoms with Crippen LogP contribution in [0.15, 0.2) is 36.9 Å². The van der Waals surface area contributed by atoms with E-state index in [0.29, 0.717) is 5.88 Å². The molecule has 0 N–H and O–H groups in total. The van der Waals surface area contributed by atoms with E-state index < -0.39 is 0 Å². The molecule has 1 aromatic rings. The maximum absolute atomic E-state index is 12.5. The Kier molecular flexibility index (Phi) is 3.30. The van der Waals surface area contributed by atoms with Crippen LogP contribution in [0.2, 0.25) is 0 Å². The third kappa shape index (κ3) is 2.08. The minimum Gasteiger partial charge on any atom is -0.207 e. The summed E-state index contributed by atoms with van der Waals surface area (Å²) in [5, 5.41) is 0. The molecule has 1 atom stereocenters. The second-order valence-corrected chi connectivity index (χ2v) is 2.86. The molecule has 1 rings (SSSR count). The Bertz CT molecular complexity index is 253. The molecular weight excluding hydrogens is 175 g/mol. The van der Waals surface area contributed by atoms with Gasteiger partial charge in [-0.1, -0.05) is 18.2 Å². The summed E-state index contributed by atoms with van der Waals surface area (Å²) in [4.78, 5) is 0. The van der Waals surface area contributed by atoms with Crippen LogP contribution in [-0.2, 0) is 0 Å². The van der Waals surface area contributed by atoms with Crippen LogP contribution in [0.4, 0.5) is 4.39 Å². The molecule has 1 unspecified atom stereocenters. The van der Waals surface area contributed by atoms with Gasteiger partial charge in [-0.3, -0.25) is 0 Å². The van der Waals surface area contributed by atoms with Gasteiger partial charge in [-0.2, -0.15) is 0 Å².